The predicted molar refractivity (Wildman–Crippen MR) is 84.8 cm³/mol. The summed E-state index contributed by atoms with van der Waals surface area (Å²) in [6.45, 7) is 3.96. The number of nitrogens with zero attached hydrogens (tertiary/aromatic N) is 1. The smallest absolute Gasteiger partial charge is 0.263 e. The van der Waals surface area contributed by atoms with E-state index in [2.05, 4.69) is 16.6 Å². The molecule has 0 unspecified atom stereocenters. The van der Waals surface area contributed by atoms with Gasteiger partial charge in [-0.2, -0.15) is 0 Å². The molecule has 0 saturated heterocycles. The standard InChI is InChI=1S/C16H20N2O2S/c1-3-4-7-14-8-10-15(11-9-14)21(19,20)18-16-13(2)6-5-12-17-16/h5-6,8-12H,3-4,7H2,1-2H3,(H,17,18). The molecule has 0 aliphatic rings. The van der Waals surface area contributed by atoms with Crippen LogP contribution in [0.2, 0.25) is 0 Å². The summed E-state index contributed by atoms with van der Waals surface area (Å²) in [7, 11) is -3.59. The van der Waals surface area contributed by atoms with Crippen molar-refractivity contribution in [1.29, 1.82) is 0 Å². The van der Waals surface area contributed by atoms with Gasteiger partial charge in [0, 0.05) is 6.20 Å². The van der Waals surface area contributed by atoms with Crippen molar-refractivity contribution in [3.8, 4) is 0 Å². The van der Waals surface area contributed by atoms with Gasteiger partial charge in [-0.1, -0.05) is 31.5 Å². The second-order valence-corrected chi connectivity index (χ2v) is 6.70. The van der Waals surface area contributed by atoms with E-state index in [1.807, 2.05) is 25.1 Å². The Hall–Kier alpha value is -1.88. The lowest BCUT2D eigenvalue weighted by Crippen LogP contribution is -2.14. The maximum atomic E-state index is 12.3. The topological polar surface area (TPSA) is 59.1 Å². The first-order valence-corrected chi connectivity index (χ1v) is 8.54. The number of aromatic nitrogens is 1. The van der Waals surface area contributed by atoms with E-state index in [1.54, 1.807) is 24.4 Å². The van der Waals surface area contributed by atoms with Gasteiger partial charge in [-0.05, 0) is 49.1 Å². The summed E-state index contributed by atoms with van der Waals surface area (Å²) in [6, 6.07) is 10.6. The van der Waals surface area contributed by atoms with Crippen LogP contribution in [-0.4, -0.2) is 13.4 Å². The summed E-state index contributed by atoms with van der Waals surface area (Å²) in [5.41, 5.74) is 1.95. The van der Waals surface area contributed by atoms with Crippen LogP contribution in [0.4, 0.5) is 5.82 Å². The molecule has 1 aromatic heterocycles. The number of rotatable bonds is 6. The molecule has 0 amide bonds. The Morgan fingerprint density at radius 2 is 1.86 bits per heavy atom. The number of hydrogen-bond donors (Lipinski definition) is 1. The normalized spacial score (nSPS) is 11.3. The molecular formula is C16H20N2O2S. The van der Waals surface area contributed by atoms with Gasteiger partial charge in [0.1, 0.15) is 5.82 Å². The summed E-state index contributed by atoms with van der Waals surface area (Å²) in [5.74, 6) is 0.368. The second kappa shape index (κ2) is 6.72. The van der Waals surface area contributed by atoms with Gasteiger partial charge in [0.05, 0.1) is 4.90 Å². The van der Waals surface area contributed by atoms with E-state index in [4.69, 9.17) is 0 Å². The lowest BCUT2D eigenvalue weighted by molar-refractivity contribution is 0.601. The van der Waals surface area contributed by atoms with Crippen LogP contribution in [0, 0.1) is 6.92 Å². The second-order valence-electron chi connectivity index (χ2n) is 5.02. The average Bonchev–Trinajstić information content (AvgIpc) is 2.48. The third-order valence-corrected chi connectivity index (χ3v) is 4.65. The quantitative estimate of drug-likeness (QED) is 0.888. The van der Waals surface area contributed by atoms with Crippen molar-refractivity contribution in [2.75, 3.05) is 4.72 Å². The minimum Gasteiger partial charge on any atom is -0.263 e. The summed E-state index contributed by atoms with van der Waals surface area (Å²) >= 11 is 0. The van der Waals surface area contributed by atoms with Crippen molar-refractivity contribution in [3.63, 3.8) is 0 Å². The molecule has 0 saturated carbocycles. The molecule has 2 rings (SSSR count). The molecule has 1 heterocycles. The number of aryl methyl sites for hydroxylation is 2. The van der Waals surface area contributed by atoms with E-state index in [0.29, 0.717) is 5.82 Å². The van der Waals surface area contributed by atoms with E-state index >= 15 is 0 Å². The van der Waals surface area contributed by atoms with Crippen molar-refractivity contribution >= 4 is 15.8 Å². The summed E-state index contributed by atoms with van der Waals surface area (Å²) < 4.78 is 27.2. The van der Waals surface area contributed by atoms with Crippen LogP contribution < -0.4 is 4.72 Å². The van der Waals surface area contributed by atoms with Crippen LogP contribution in [0.25, 0.3) is 0 Å². The molecule has 1 aromatic carbocycles. The molecule has 4 nitrogen and oxygen atoms in total. The van der Waals surface area contributed by atoms with E-state index < -0.39 is 10.0 Å². The van der Waals surface area contributed by atoms with Gasteiger partial charge in [-0.3, -0.25) is 4.72 Å². The van der Waals surface area contributed by atoms with E-state index in [0.717, 1.165) is 30.4 Å². The highest BCUT2D eigenvalue weighted by Gasteiger charge is 2.15. The SMILES string of the molecule is CCCCc1ccc(S(=O)(=O)Nc2ncccc2C)cc1. The summed E-state index contributed by atoms with van der Waals surface area (Å²) in [5, 5.41) is 0. The van der Waals surface area contributed by atoms with E-state index in [9.17, 15) is 8.42 Å². The molecule has 0 atom stereocenters. The molecule has 0 radical (unpaired) electrons. The lowest BCUT2D eigenvalue weighted by Gasteiger charge is -2.09. The van der Waals surface area contributed by atoms with Crippen molar-refractivity contribution in [3.05, 3.63) is 53.7 Å². The molecule has 0 aliphatic carbocycles. The third kappa shape index (κ3) is 4.04. The number of nitrogens with one attached hydrogen (secondary N) is 1. The molecule has 1 N–H and O–H groups in total. The molecule has 21 heavy (non-hydrogen) atoms. The minimum atomic E-state index is -3.59. The Morgan fingerprint density at radius 3 is 2.48 bits per heavy atom. The molecule has 0 bridgehead atoms. The number of benzene rings is 1. The number of anilines is 1. The number of hydrogen-bond acceptors (Lipinski definition) is 3. The van der Waals surface area contributed by atoms with Crippen molar-refractivity contribution in [2.24, 2.45) is 0 Å². The maximum absolute atomic E-state index is 12.3. The predicted octanol–water partition coefficient (Wildman–Crippen LogP) is 3.53. The van der Waals surface area contributed by atoms with Crippen LogP contribution in [0.15, 0.2) is 47.5 Å². The van der Waals surface area contributed by atoms with Crippen molar-refractivity contribution in [2.45, 2.75) is 38.0 Å². The maximum Gasteiger partial charge on any atom is 0.263 e. The monoisotopic (exact) mass is 304 g/mol. The fourth-order valence-electron chi connectivity index (χ4n) is 1.99. The Labute approximate surface area is 126 Å². The van der Waals surface area contributed by atoms with Gasteiger partial charge < -0.3 is 0 Å². The zero-order chi connectivity index (χ0) is 15.3. The lowest BCUT2D eigenvalue weighted by atomic mass is 10.1. The fourth-order valence-corrected chi connectivity index (χ4v) is 3.08. The highest BCUT2D eigenvalue weighted by atomic mass is 32.2. The third-order valence-electron chi connectivity index (χ3n) is 3.29. The molecule has 2 aromatic rings. The Bertz CT molecular complexity index is 694. The van der Waals surface area contributed by atoms with Gasteiger partial charge in [0.2, 0.25) is 0 Å². The molecule has 0 spiro atoms. The number of sulfonamides is 1. The van der Waals surface area contributed by atoms with Crippen molar-refractivity contribution in [1.82, 2.24) is 4.98 Å². The highest BCUT2D eigenvalue weighted by molar-refractivity contribution is 7.92. The van der Waals surface area contributed by atoms with Crippen LogP contribution in [-0.2, 0) is 16.4 Å². The zero-order valence-corrected chi connectivity index (χ0v) is 13.2. The van der Waals surface area contributed by atoms with Crippen LogP contribution in [0.1, 0.15) is 30.9 Å². The van der Waals surface area contributed by atoms with Crippen LogP contribution >= 0.6 is 0 Å². The van der Waals surface area contributed by atoms with Crippen LogP contribution in [0.3, 0.4) is 0 Å². The minimum absolute atomic E-state index is 0.257. The highest BCUT2D eigenvalue weighted by Crippen LogP contribution is 2.18. The summed E-state index contributed by atoms with van der Waals surface area (Å²) in [6.07, 6.45) is 4.78. The molecule has 0 fully saturated rings. The average molecular weight is 304 g/mol. The fraction of sp³-hybridized carbons (Fsp3) is 0.312. The Kier molecular flexibility index (Phi) is 4.96. The van der Waals surface area contributed by atoms with Gasteiger partial charge in [-0.15, -0.1) is 0 Å². The van der Waals surface area contributed by atoms with Gasteiger partial charge >= 0.3 is 0 Å². The van der Waals surface area contributed by atoms with Gasteiger partial charge in [0.15, 0.2) is 0 Å². The Balaban J connectivity index is 2.18. The first-order valence-electron chi connectivity index (χ1n) is 7.06. The van der Waals surface area contributed by atoms with Gasteiger partial charge in [0.25, 0.3) is 10.0 Å². The molecule has 0 aliphatic heterocycles. The van der Waals surface area contributed by atoms with Gasteiger partial charge in [-0.25, -0.2) is 13.4 Å². The largest absolute Gasteiger partial charge is 0.263 e. The molecule has 112 valence electrons. The summed E-state index contributed by atoms with van der Waals surface area (Å²) in [4.78, 5) is 4.31. The Morgan fingerprint density at radius 1 is 1.14 bits per heavy atom. The molecular weight excluding hydrogens is 284 g/mol. The van der Waals surface area contributed by atoms with Crippen molar-refractivity contribution < 1.29 is 8.42 Å². The number of unbranched alkanes of at least 4 members (excludes halogenated alkanes) is 1. The first kappa shape index (κ1) is 15.5. The number of pyridine rings is 1. The van der Waals surface area contributed by atoms with E-state index in [-0.39, 0.29) is 4.90 Å². The first-order chi connectivity index (χ1) is 10.0. The van der Waals surface area contributed by atoms with Crippen LogP contribution in [0.5, 0.6) is 0 Å². The zero-order valence-electron chi connectivity index (χ0n) is 12.3. The molecule has 5 heteroatoms. The van der Waals surface area contributed by atoms with E-state index in [1.165, 1.54) is 0 Å².